The SMILES string of the molecule is [Li][CH2]C(C)CC. The minimum absolute atomic E-state index is 0.935. The van der Waals surface area contributed by atoms with E-state index in [-0.39, 0.29) is 0 Å². The van der Waals surface area contributed by atoms with Gasteiger partial charge in [-0.3, -0.25) is 0 Å². The van der Waals surface area contributed by atoms with E-state index >= 15 is 0 Å². The zero-order valence-corrected chi connectivity index (χ0v) is 4.99. The van der Waals surface area contributed by atoms with Gasteiger partial charge in [0.2, 0.25) is 0 Å². The molecule has 0 aliphatic heterocycles. The van der Waals surface area contributed by atoms with Crippen molar-refractivity contribution < 1.29 is 0 Å². The predicted octanol–water partition coefficient (Wildman–Crippen LogP) is 1.62. The molecular formula is C5H11Li. The van der Waals surface area contributed by atoms with E-state index in [1.807, 2.05) is 0 Å². The van der Waals surface area contributed by atoms with Crippen molar-refractivity contribution in [3.05, 3.63) is 0 Å². The molecule has 0 aromatic rings. The second-order valence-corrected chi connectivity index (χ2v) is 1.92. The molecule has 0 aliphatic carbocycles. The minimum atomic E-state index is 0.935. The van der Waals surface area contributed by atoms with Gasteiger partial charge in [-0.2, -0.15) is 0 Å². The molecule has 0 aliphatic rings. The maximum atomic E-state index is 2.28. The third-order valence-corrected chi connectivity index (χ3v) is 1.39. The first kappa shape index (κ1) is 6.60. The van der Waals surface area contributed by atoms with E-state index < -0.39 is 0 Å². The molecule has 0 N–H and O–H groups in total. The molecule has 1 atom stereocenters. The molecule has 0 saturated carbocycles. The van der Waals surface area contributed by atoms with Gasteiger partial charge in [-0.15, -0.1) is 0 Å². The Morgan fingerprint density at radius 3 is 2.17 bits per heavy atom. The summed E-state index contributed by atoms with van der Waals surface area (Å²) in [4.78, 5) is 0. The molecule has 0 aromatic carbocycles. The normalized spacial score (nSPS) is 14.7. The van der Waals surface area contributed by atoms with Crippen LogP contribution in [0.1, 0.15) is 20.3 Å². The Morgan fingerprint density at radius 2 is 2.17 bits per heavy atom. The van der Waals surface area contributed by atoms with Crippen LogP contribution in [0.4, 0.5) is 0 Å². The fourth-order valence-corrected chi connectivity index (χ4v) is 0.289. The molecule has 0 rings (SSSR count). The van der Waals surface area contributed by atoms with Gasteiger partial charge in [0, 0.05) is 0 Å². The zero-order valence-electron chi connectivity index (χ0n) is 4.99. The molecule has 0 bridgehead atoms. The summed E-state index contributed by atoms with van der Waals surface area (Å²) < 4.78 is 0. The molecule has 1 unspecified atom stereocenters. The van der Waals surface area contributed by atoms with Crippen LogP contribution in [0.15, 0.2) is 0 Å². The molecule has 32 valence electrons. The molecule has 6 heavy (non-hydrogen) atoms. The molecule has 0 fully saturated rings. The van der Waals surface area contributed by atoms with E-state index in [4.69, 9.17) is 0 Å². The summed E-state index contributed by atoms with van der Waals surface area (Å²) in [6.07, 6.45) is 1.33. The Labute approximate surface area is 49.5 Å². The topological polar surface area (TPSA) is 0 Å². The first-order valence-electron chi connectivity index (χ1n) is 2.81. The Bertz CT molecular complexity index is 23.1. The van der Waals surface area contributed by atoms with Crippen molar-refractivity contribution in [3.63, 3.8) is 0 Å². The van der Waals surface area contributed by atoms with Crippen molar-refractivity contribution in [2.75, 3.05) is 0 Å². The molecule has 1 heteroatoms. The van der Waals surface area contributed by atoms with Crippen LogP contribution in [0.2, 0.25) is 5.09 Å². The molecule has 0 amide bonds. The summed E-state index contributed by atoms with van der Waals surface area (Å²) in [7, 11) is 0. The quantitative estimate of drug-likeness (QED) is 0.440. The first-order valence-corrected chi connectivity index (χ1v) is 2.81. The van der Waals surface area contributed by atoms with Gasteiger partial charge in [-0.1, -0.05) is 0 Å². The second-order valence-electron chi connectivity index (χ2n) is 1.92. The summed E-state index contributed by atoms with van der Waals surface area (Å²) in [5.74, 6) is 0.935. The zero-order chi connectivity index (χ0) is 4.99. The standard InChI is InChI=1S/C5H11.Li/c1-4-5(2)3;/h5H,2,4H2,1,3H3;. The molecule has 0 heterocycles. The third kappa shape index (κ3) is 2.81. The summed E-state index contributed by atoms with van der Waals surface area (Å²) in [5, 5.41) is 1.33. The van der Waals surface area contributed by atoms with Crippen molar-refractivity contribution in [2.45, 2.75) is 25.4 Å². The van der Waals surface area contributed by atoms with Crippen molar-refractivity contribution >= 4 is 17.7 Å². The predicted molar refractivity (Wildman–Crippen MR) is 30.0 cm³/mol. The summed E-state index contributed by atoms with van der Waals surface area (Å²) in [5.41, 5.74) is 0. The van der Waals surface area contributed by atoms with Gasteiger partial charge in [-0.25, -0.2) is 0 Å². The van der Waals surface area contributed by atoms with Crippen molar-refractivity contribution in [1.29, 1.82) is 0 Å². The first-order chi connectivity index (χ1) is 2.81. The maximum absolute atomic E-state index is 2.28. The van der Waals surface area contributed by atoms with Crippen LogP contribution in [0.3, 0.4) is 0 Å². The van der Waals surface area contributed by atoms with Gasteiger partial charge in [0.05, 0.1) is 0 Å². The summed E-state index contributed by atoms with van der Waals surface area (Å²) >= 11 is 2.23. The van der Waals surface area contributed by atoms with Crippen molar-refractivity contribution in [3.8, 4) is 0 Å². The van der Waals surface area contributed by atoms with E-state index in [2.05, 4.69) is 31.6 Å². The number of rotatable bonds is 2. The third-order valence-electron chi connectivity index (χ3n) is 1.39. The molecule has 0 nitrogen and oxygen atoms in total. The van der Waals surface area contributed by atoms with Crippen LogP contribution in [-0.2, 0) is 0 Å². The van der Waals surface area contributed by atoms with Crippen LogP contribution in [0, 0.1) is 5.92 Å². The molecule has 0 saturated heterocycles. The average Bonchev–Trinajstić information content (AvgIpc) is 1.65. The van der Waals surface area contributed by atoms with Crippen molar-refractivity contribution in [1.82, 2.24) is 0 Å². The van der Waals surface area contributed by atoms with E-state index in [1.54, 1.807) is 0 Å². The van der Waals surface area contributed by atoms with Gasteiger partial charge in [0.15, 0.2) is 0 Å². The van der Waals surface area contributed by atoms with Crippen LogP contribution >= 0.6 is 0 Å². The van der Waals surface area contributed by atoms with E-state index in [9.17, 15) is 0 Å². The van der Waals surface area contributed by atoms with E-state index in [0.29, 0.717) is 0 Å². The van der Waals surface area contributed by atoms with E-state index in [1.165, 1.54) is 11.5 Å². The van der Waals surface area contributed by atoms with Crippen LogP contribution in [0.5, 0.6) is 0 Å². The monoisotopic (exact) mass is 78.1 g/mol. The van der Waals surface area contributed by atoms with Gasteiger partial charge < -0.3 is 0 Å². The number of hydrogen-bond acceptors (Lipinski definition) is 0. The fraction of sp³-hybridized carbons (Fsp3) is 1.00. The average molecular weight is 78.1 g/mol. The Balaban J connectivity index is 2.75. The van der Waals surface area contributed by atoms with Crippen LogP contribution < -0.4 is 0 Å². The van der Waals surface area contributed by atoms with Gasteiger partial charge >= 0.3 is 49.0 Å². The van der Waals surface area contributed by atoms with Gasteiger partial charge in [0.25, 0.3) is 0 Å². The molecule has 0 aromatic heterocycles. The van der Waals surface area contributed by atoms with Crippen LogP contribution in [0.25, 0.3) is 0 Å². The Morgan fingerprint density at radius 1 is 1.67 bits per heavy atom. The van der Waals surface area contributed by atoms with Gasteiger partial charge in [-0.05, 0) is 0 Å². The molecule has 0 radical (unpaired) electrons. The fourth-order valence-electron chi connectivity index (χ4n) is 0.289. The Kier molecular flexibility index (Phi) is 4.15. The second kappa shape index (κ2) is 3.78. The van der Waals surface area contributed by atoms with E-state index in [0.717, 1.165) is 5.92 Å². The Hall–Kier alpha value is 0.597. The van der Waals surface area contributed by atoms with Crippen molar-refractivity contribution in [2.24, 2.45) is 5.92 Å². The summed E-state index contributed by atoms with van der Waals surface area (Å²) in [6, 6.07) is 0. The summed E-state index contributed by atoms with van der Waals surface area (Å²) in [6.45, 7) is 4.51. The van der Waals surface area contributed by atoms with Crippen LogP contribution in [-0.4, -0.2) is 17.7 Å². The molecular weight excluding hydrogens is 67.0 g/mol. The van der Waals surface area contributed by atoms with Gasteiger partial charge in [0.1, 0.15) is 0 Å². The number of hydrogen-bond donors (Lipinski definition) is 0. The molecule has 0 spiro atoms.